The number of pyridine rings is 1. The minimum absolute atomic E-state index is 0.225. The van der Waals surface area contributed by atoms with Crippen molar-refractivity contribution in [3.05, 3.63) is 76.1 Å². The van der Waals surface area contributed by atoms with Gasteiger partial charge < -0.3 is 14.4 Å². The summed E-state index contributed by atoms with van der Waals surface area (Å²) in [7, 11) is 1.59. The average molecular weight is 309 g/mol. The van der Waals surface area contributed by atoms with Gasteiger partial charge in [-0.05, 0) is 35.2 Å². The van der Waals surface area contributed by atoms with Gasteiger partial charge >= 0.3 is 5.97 Å². The van der Waals surface area contributed by atoms with Crippen molar-refractivity contribution in [1.82, 2.24) is 4.57 Å². The predicted octanol–water partition coefficient (Wildman–Crippen LogP) is 2.76. The molecule has 0 radical (unpaired) electrons. The first-order valence-electron chi connectivity index (χ1n) is 7.09. The Morgan fingerprint density at radius 1 is 1.13 bits per heavy atom. The maximum Gasteiger partial charge on any atom is 0.341 e. The number of ether oxygens (including phenoxy) is 1. The second kappa shape index (κ2) is 5.96. The molecule has 5 nitrogen and oxygen atoms in total. The van der Waals surface area contributed by atoms with E-state index in [1.54, 1.807) is 13.2 Å². The van der Waals surface area contributed by atoms with Crippen LogP contribution in [0.4, 0.5) is 0 Å². The minimum atomic E-state index is -1.22. The molecule has 0 fully saturated rings. The zero-order valence-electron chi connectivity index (χ0n) is 12.5. The van der Waals surface area contributed by atoms with Gasteiger partial charge in [-0.25, -0.2) is 4.79 Å². The maximum absolute atomic E-state index is 12.5. The van der Waals surface area contributed by atoms with Crippen LogP contribution in [0, 0.1) is 0 Å². The Labute approximate surface area is 132 Å². The lowest BCUT2D eigenvalue weighted by atomic mass is 10.1. The largest absolute Gasteiger partial charge is 0.497 e. The summed E-state index contributed by atoms with van der Waals surface area (Å²) in [6.45, 7) is 0.296. The summed E-state index contributed by atoms with van der Waals surface area (Å²) < 4.78 is 6.60. The van der Waals surface area contributed by atoms with E-state index >= 15 is 0 Å². The normalized spacial score (nSPS) is 10.7. The van der Waals surface area contributed by atoms with Gasteiger partial charge in [0.05, 0.1) is 19.2 Å². The topological polar surface area (TPSA) is 68.5 Å². The predicted molar refractivity (Wildman–Crippen MR) is 87.3 cm³/mol. The molecule has 1 heterocycles. The number of carboxylic acid groups (broad SMARTS) is 1. The number of para-hydroxylation sites is 1. The molecule has 0 aliphatic carbocycles. The van der Waals surface area contributed by atoms with Crippen LogP contribution in [0.2, 0.25) is 0 Å². The standard InChI is InChI=1S/C18H15NO4/c1-23-14-8-6-12(7-9-14)11-19-16-5-3-2-4-13(16)10-15(17(19)20)18(21)22/h2-10H,11H2,1H3,(H,21,22). The lowest BCUT2D eigenvalue weighted by Crippen LogP contribution is -2.27. The molecule has 0 amide bonds. The van der Waals surface area contributed by atoms with E-state index < -0.39 is 11.5 Å². The fourth-order valence-electron chi connectivity index (χ4n) is 2.55. The highest BCUT2D eigenvalue weighted by Crippen LogP contribution is 2.17. The quantitative estimate of drug-likeness (QED) is 0.804. The van der Waals surface area contributed by atoms with Crippen LogP contribution < -0.4 is 10.3 Å². The van der Waals surface area contributed by atoms with Gasteiger partial charge in [0, 0.05) is 0 Å². The van der Waals surface area contributed by atoms with Crippen molar-refractivity contribution < 1.29 is 14.6 Å². The zero-order chi connectivity index (χ0) is 16.4. The molecule has 0 spiro atoms. The summed E-state index contributed by atoms with van der Waals surface area (Å²) in [6, 6.07) is 16.0. The monoisotopic (exact) mass is 309 g/mol. The molecule has 0 saturated heterocycles. The van der Waals surface area contributed by atoms with Crippen molar-refractivity contribution >= 4 is 16.9 Å². The first-order valence-corrected chi connectivity index (χ1v) is 7.09. The van der Waals surface area contributed by atoms with E-state index in [1.807, 2.05) is 42.5 Å². The summed E-state index contributed by atoms with van der Waals surface area (Å²) in [5.41, 5.74) is 0.864. The molecule has 0 aliphatic heterocycles. The molecule has 0 unspecified atom stereocenters. The van der Waals surface area contributed by atoms with Crippen molar-refractivity contribution in [3.63, 3.8) is 0 Å². The van der Waals surface area contributed by atoms with E-state index in [2.05, 4.69) is 0 Å². The summed E-state index contributed by atoms with van der Waals surface area (Å²) >= 11 is 0. The Bertz CT molecular complexity index is 926. The van der Waals surface area contributed by atoms with Gasteiger partial charge in [0.1, 0.15) is 11.3 Å². The maximum atomic E-state index is 12.5. The highest BCUT2D eigenvalue weighted by molar-refractivity contribution is 5.92. The molecule has 0 aliphatic rings. The molecule has 0 bridgehead atoms. The van der Waals surface area contributed by atoms with Crippen LogP contribution in [-0.2, 0) is 6.54 Å². The SMILES string of the molecule is COc1ccc(Cn2c(=O)c(C(=O)O)cc3ccccc32)cc1. The van der Waals surface area contributed by atoms with Crippen LogP contribution in [0.15, 0.2) is 59.4 Å². The number of methoxy groups -OCH3 is 1. The number of carbonyl (C=O) groups is 1. The van der Waals surface area contributed by atoms with E-state index in [1.165, 1.54) is 10.6 Å². The van der Waals surface area contributed by atoms with Crippen LogP contribution in [0.3, 0.4) is 0 Å². The van der Waals surface area contributed by atoms with Gasteiger partial charge in [-0.2, -0.15) is 0 Å². The van der Waals surface area contributed by atoms with E-state index in [0.717, 1.165) is 16.7 Å². The third kappa shape index (κ3) is 2.81. The lowest BCUT2D eigenvalue weighted by Gasteiger charge is -2.12. The first-order chi connectivity index (χ1) is 11.1. The number of hydrogen-bond acceptors (Lipinski definition) is 3. The smallest absolute Gasteiger partial charge is 0.341 e. The van der Waals surface area contributed by atoms with Crippen LogP contribution in [0.1, 0.15) is 15.9 Å². The highest BCUT2D eigenvalue weighted by atomic mass is 16.5. The molecule has 23 heavy (non-hydrogen) atoms. The Balaban J connectivity index is 2.16. The van der Waals surface area contributed by atoms with Crippen LogP contribution in [0.5, 0.6) is 5.75 Å². The van der Waals surface area contributed by atoms with E-state index in [4.69, 9.17) is 4.74 Å². The highest BCUT2D eigenvalue weighted by Gasteiger charge is 2.14. The van der Waals surface area contributed by atoms with Crippen molar-refractivity contribution in [3.8, 4) is 5.75 Å². The van der Waals surface area contributed by atoms with E-state index in [0.29, 0.717) is 12.1 Å². The van der Waals surface area contributed by atoms with Crippen molar-refractivity contribution in [2.45, 2.75) is 6.54 Å². The number of benzene rings is 2. The number of hydrogen-bond donors (Lipinski definition) is 1. The molecule has 3 aromatic rings. The summed E-state index contributed by atoms with van der Waals surface area (Å²) in [5.74, 6) is -0.491. The molecular formula is C18H15NO4. The molecular weight excluding hydrogens is 294 g/mol. The minimum Gasteiger partial charge on any atom is -0.497 e. The van der Waals surface area contributed by atoms with E-state index in [9.17, 15) is 14.7 Å². The molecule has 116 valence electrons. The fourth-order valence-corrected chi connectivity index (χ4v) is 2.55. The molecule has 1 aromatic heterocycles. The van der Waals surface area contributed by atoms with Gasteiger partial charge in [-0.3, -0.25) is 4.79 Å². The lowest BCUT2D eigenvalue weighted by molar-refractivity contribution is 0.0694. The Hall–Kier alpha value is -3.08. The molecule has 1 N–H and O–H groups in total. The number of rotatable bonds is 4. The molecule has 0 saturated carbocycles. The molecule has 0 atom stereocenters. The molecule has 5 heteroatoms. The molecule has 3 rings (SSSR count). The first kappa shape index (κ1) is 14.8. The van der Waals surface area contributed by atoms with Crippen molar-refractivity contribution in [1.29, 1.82) is 0 Å². The third-order valence-electron chi connectivity index (χ3n) is 3.73. The van der Waals surface area contributed by atoms with Gasteiger partial charge in [0.25, 0.3) is 5.56 Å². The Morgan fingerprint density at radius 3 is 2.48 bits per heavy atom. The number of carboxylic acids is 1. The zero-order valence-corrected chi connectivity index (χ0v) is 12.5. The van der Waals surface area contributed by atoms with Crippen molar-refractivity contribution in [2.75, 3.05) is 7.11 Å². The third-order valence-corrected chi connectivity index (χ3v) is 3.73. The number of fused-ring (bicyclic) bond motifs is 1. The van der Waals surface area contributed by atoms with Gasteiger partial charge in [0.15, 0.2) is 0 Å². The number of nitrogens with zero attached hydrogens (tertiary/aromatic N) is 1. The van der Waals surface area contributed by atoms with Crippen LogP contribution >= 0.6 is 0 Å². The van der Waals surface area contributed by atoms with Crippen molar-refractivity contribution in [2.24, 2.45) is 0 Å². The second-order valence-electron chi connectivity index (χ2n) is 5.16. The van der Waals surface area contributed by atoms with Gasteiger partial charge in [0.2, 0.25) is 0 Å². The van der Waals surface area contributed by atoms with E-state index in [-0.39, 0.29) is 5.56 Å². The summed E-state index contributed by atoms with van der Waals surface area (Å²) in [5, 5.41) is 9.97. The summed E-state index contributed by atoms with van der Waals surface area (Å²) in [4.78, 5) is 23.8. The Morgan fingerprint density at radius 2 is 1.83 bits per heavy atom. The fraction of sp³-hybridized carbons (Fsp3) is 0.111. The second-order valence-corrected chi connectivity index (χ2v) is 5.16. The van der Waals surface area contributed by atoms with Gasteiger partial charge in [-0.1, -0.05) is 30.3 Å². The van der Waals surface area contributed by atoms with Crippen LogP contribution in [0.25, 0.3) is 10.9 Å². The van der Waals surface area contributed by atoms with Gasteiger partial charge in [-0.15, -0.1) is 0 Å². The average Bonchev–Trinajstić information content (AvgIpc) is 2.57. The molecule has 2 aromatic carbocycles. The van der Waals surface area contributed by atoms with Crippen LogP contribution in [-0.4, -0.2) is 22.8 Å². The Kier molecular flexibility index (Phi) is 3.85. The number of aromatic nitrogens is 1. The summed E-state index contributed by atoms with van der Waals surface area (Å²) in [6.07, 6.45) is 0. The number of aromatic carboxylic acids is 1.